The van der Waals surface area contributed by atoms with Gasteiger partial charge >= 0.3 is 5.97 Å². The van der Waals surface area contributed by atoms with E-state index in [2.05, 4.69) is 40.2 Å². The van der Waals surface area contributed by atoms with E-state index in [0.29, 0.717) is 21.6 Å². The number of methoxy groups -OCH3 is 1. The third kappa shape index (κ3) is 7.21. The molecule has 0 bridgehead atoms. The maximum Gasteiger partial charge on any atom is 0.341 e. The number of anilines is 3. The number of aryl methyl sites for hydroxylation is 1. The zero-order valence-electron chi connectivity index (χ0n) is 23.7. The van der Waals surface area contributed by atoms with Crippen LogP contribution in [0.1, 0.15) is 51.2 Å². The lowest BCUT2D eigenvalue weighted by Crippen LogP contribution is -2.23. The van der Waals surface area contributed by atoms with Crippen LogP contribution in [0.25, 0.3) is 0 Å². The minimum absolute atomic E-state index is 0.168. The minimum atomic E-state index is -0.407. The average molecular weight is 616 g/mol. The van der Waals surface area contributed by atoms with Gasteiger partial charge in [-0.05, 0) is 92.7 Å². The third-order valence-electron chi connectivity index (χ3n) is 7.25. The van der Waals surface area contributed by atoms with E-state index >= 15 is 0 Å². The quantitative estimate of drug-likeness (QED) is 0.105. The number of ether oxygens (including phenoxy) is 1. The van der Waals surface area contributed by atoms with E-state index in [4.69, 9.17) is 17.0 Å². The molecule has 3 aromatic carbocycles. The second-order valence-corrected chi connectivity index (χ2v) is 13.2. The van der Waals surface area contributed by atoms with Crippen molar-refractivity contribution in [1.29, 1.82) is 0 Å². The summed E-state index contributed by atoms with van der Waals surface area (Å²) in [6, 6.07) is 26.2. The first-order valence-corrected chi connectivity index (χ1v) is 15.9. The normalized spacial score (nSPS) is 14.8. The van der Waals surface area contributed by atoms with Crippen LogP contribution in [-0.2, 0) is 22.4 Å². The van der Waals surface area contributed by atoms with Gasteiger partial charge in [0.15, 0.2) is 5.11 Å². The maximum atomic E-state index is 13.3. The van der Waals surface area contributed by atoms with Crippen LogP contribution in [0.5, 0.6) is 0 Å². The van der Waals surface area contributed by atoms with E-state index in [-0.39, 0.29) is 5.91 Å². The Morgan fingerprint density at radius 3 is 2.45 bits per heavy atom. The molecule has 0 radical (unpaired) electrons. The second kappa shape index (κ2) is 13.5. The fourth-order valence-electron chi connectivity index (χ4n) is 5.05. The van der Waals surface area contributed by atoms with Gasteiger partial charge in [0, 0.05) is 21.1 Å². The Morgan fingerprint density at radius 2 is 1.71 bits per heavy atom. The van der Waals surface area contributed by atoms with Crippen molar-refractivity contribution in [3.8, 4) is 0 Å². The number of carbonyl (C=O) groups excluding carboxylic acids is 2. The molecule has 4 aromatic rings. The average Bonchev–Trinajstić information content (AvgIpc) is 3.35. The number of nitrogens with one attached hydrogen (secondary N) is 3. The predicted octanol–water partition coefficient (Wildman–Crippen LogP) is 8.04. The van der Waals surface area contributed by atoms with Gasteiger partial charge in [-0.25, -0.2) is 4.79 Å². The highest BCUT2D eigenvalue weighted by Crippen LogP contribution is 2.43. The van der Waals surface area contributed by atoms with Crippen molar-refractivity contribution < 1.29 is 14.3 Å². The topological polar surface area (TPSA) is 79.5 Å². The number of fused-ring (bicyclic) bond motifs is 1. The number of amides is 1. The fraction of sp³-hybridized carbons (Fsp3) is 0.242. The molecule has 42 heavy (non-hydrogen) atoms. The minimum Gasteiger partial charge on any atom is -0.465 e. The van der Waals surface area contributed by atoms with Crippen LogP contribution in [0.2, 0.25) is 0 Å². The lowest BCUT2D eigenvalue weighted by molar-refractivity contribution is -0.115. The number of hydrogen-bond donors (Lipinski definition) is 3. The third-order valence-corrected chi connectivity index (χ3v) is 9.71. The number of benzene rings is 3. The van der Waals surface area contributed by atoms with Gasteiger partial charge in [0.05, 0.1) is 17.9 Å². The summed E-state index contributed by atoms with van der Waals surface area (Å²) in [5.74, 6) is -0.185. The van der Waals surface area contributed by atoms with Crippen LogP contribution in [0.15, 0.2) is 83.8 Å². The maximum absolute atomic E-state index is 13.3. The largest absolute Gasteiger partial charge is 0.465 e. The number of thiocarbonyl (C=S) groups is 1. The van der Waals surface area contributed by atoms with E-state index in [9.17, 15) is 9.59 Å². The molecule has 5 rings (SSSR count). The monoisotopic (exact) mass is 615 g/mol. The lowest BCUT2D eigenvalue weighted by atomic mass is 9.83. The van der Waals surface area contributed by atoms with Gasteiger partial charge in [-0.3, -0.25) is 4.79 Å². The number of thiophene rings is 1. The van der Waals surface area contributed by atoms with Crippen molar-refractivity contribution in [1.82, 2.24) is 0 Å². The summed E-state index contributed by atoms with van der Waals surface area (Å²) in [6.07, 6.45) is 2.57. The van der Waals surface area contributed by atoms with Gasteiger partial charge in [0.25, 0.3) is 0 Å². The zero-order chi connectivity index (χ0) is 29.6. The lowest BCUT2D eigenvalue weighted by Gasteiger charge is -2.22. The number of esters is 1. The van der Waals surface area contributed by atoms with Gasteiger partial charge < -0.3 is 20.7 Å². The molecule has 0 aliphatic heterocycles. The van der Waals surface area contributed by atoms with Gasteiger partial charge in [-0.1, -0.05) is 54.1 Å². The van der Waals surface area contributed by atoms with E-state index in [0.717, 1.165) is 46.0 Å². The molecule has 216 valence electrons. The van der Waals surface area contributed by atoms with E-state index in [1.165, 1.54) is 41.3 Å². The van der Waals surface area contributed by atoms with Crippen molar-refractivity contribution in [2.45, 2.75) is 49.2 Å². The first-order chi connectivity index (χ1) is 20.3. The summed E-state index contributed by atoms with van der Waals surface area (Å²) in [5.41, 5.74) is 5.71. The van der Waals surface area contributed by atoms with Gasteiger partial charge in [-0.2, -0.15) is 0 Å². The second-order valence-electron chi connectivity index (χ2n) is 10.3. The van der Waals surface area contributed by atoms with Crippen LogP contribution in [-0.4, -0.2) is 29.3 Å². The molecule has 1 aliphatic rings. The summed E-state index contributed by atoms with van der Waals surface area (Å²) in [4.78, 5) is 28.2. The van der Waals surface area contributed by atoms with Crippen molar-refractivity contribution in [3.63, 3.8) is 0 Å². The van der Waals surface area contributed by atoms with Crippen molar-refractivity contribution in [3.05, 3.63) is 106 Å². The Kier molecular flexibility index (Phi) is 9.62. The summed E-state index contributed by atoms with van der Waals surface area (Å²) < 4.78 is 5.13. The summed E-state index contributed by atoms with van der Waals surface area (Å²) >= 11 is 8.42. The molecule has 3 N–H and O–H groups in total. The van der Waals surface area contributed by atoms with Crippen LogP contribution in [0.3, 0.4) is 0 Å². The molecular weight excluding hydrogens is 583 g/mol. The summed E-state index contributed by atoms with van der Waals surface area (Å²) in [5, 5.41) is 10.1. The molecule has 2 unspecified atom stereocenters. The number of rotatable bonds is 8. The molecule has 2 atom stereocenters. The molecule has 6 nitrogen and oxygen atoms in total. The first kappa shape index (κ1) is 29.8. The van der Waals surface area contributed by atoms with E-state index in [1.54, 1.807) is 0 Å². The highest BCUT2D eigenvalue weighted by atomic mass is 32.2. The first-order valence-electron chi connectivity index (χ1n) is 13.8. The molecular formula is C33H33N3O3S3. The Labute approximate surface area is 260 Å². The van der Waals surface area contributed by atoms with Gasteiger partial charge in [-0.15, -0.1) is 23.1 Å². The molecule has 0 saturated heterocycles. The molecule has 1 amide bonds. The predicted molar refractivity (Wildman–Crippen MR) is 178 cm³/mol. The number of thioether (sulfide) groups is 1. The Hall–Kier alpha value is -3.66. The molecule has 1 aromatic heterocycles. The summed E-state index contributed by atoms with van der Waals surface area (Å²) in [6.45, 7) is 3.90. The van der Waals surface area contributed by atoms with Crippen LogP contribution in [0.4, 0.5) is 16.4 Å². The SMILES string of the molecule is COC(=O)c1c(NC(=O)C(C)Sc2cccc(NC(=S)Nc3ccc(C)cc3)c2)sc2c1CCC(c1ccccc1)C2. The smallest absolute Gasteiger partial charge is 0.341 e. The van der Waals surface area contributed by atoms with Crippen molar-refractivity contribution in [2.24, 2.45) is 0 Å². The molecule has 0 fully saturated rings. The van der Waals surface area contributed by atoms with Gasteiger partial charge in [0.1, 0.15) is 5.00 Å². The molecule has 1 aliphatic carbocycles. The Morgan fingerprint density at radius 1 is 0.976 bits per heavy atom. The molecule has 0 saturated carbocycles. The van der Waals surface area contributed by atoms with Crippen LogP contribution >= 0.6 is 35.3 Å². The van der Waals surface area contributed by atoms with Gasteiger partial charge in [0.2, 0.25) is 5.91 Å². The molecule has 0 spiro atoms. The van der Waals surface area contributed by atoms with E-state index in [1.807, 2.05) is 68.4 Å². The zero-order valence-corrected chi connectivity index (χ0v) is 26.2. The van der Waals surface area contributed by atoms with Crippen molar-refractivity contribution >= 4 is 68.7 Å². The standard InChI is InChI=1S/C33H33N3O3S3/c1-20-12-15-24(16-13-20)34-33(40)35-25-10-7-11-26(19-25)41-21(2)30(37)36-31-29(32(38)39-3)27-17-14-23(18-28(27)42-31)22-8-5-4-6-9-22/h4-13,15-16,19,21,23H,14,17-18H2,1-3H3,(H,36,37)(H2,34,35,40). The number of hydrogen-bond acceptors (Lipinski definition) is 6. The highest BCUT2D eigenvalue weighted by Gasteiger charge is 2.31. The molecule has 1 heterocycles. The number of carbonyl (C=O) groups is 2. The Balaban J connectivity index is 1.24. The highest BCUT2D eigenvalue weighted by molar-refractivity contribution is 8.00. The fourth-order valence-corrected chi connectivity index (χ4v) is 7.53. The Bertz CT molecular complexity index is 1590. The van der Waals surface area contributed by atoms with Crippen LogP contribution in [0, 0.1) is 6.92 Å². The van der Waals surface area contributed by atoms with Crippen molar-refractivity contribution in [2.75, 3.05) is 23.1 Å². The molecule has 9 heteroatoms. The van der Waals surface area contributed by atoms with E-state index < -0.39 is 11.2 Å². The van der Waals surface area contributed by atoms with Crippen LogP contribution < -0.4 is 16.0 Å². The summed E-state index contributed by atoms with van der Waals surface area (Å²) in [7, 11) is 1.38.